The summed E-state index contributed by atoms with van der Waals surface area (Å²) in [4.78, 5) is 0. The molecule has 11 heavy (non-hydrogen) atoms. The SMILES string of the molecule is CC1(C)CCC2(CNC2)O1.Cl. The van der Waals surface area contributed by atoms with Crippen LogP contribution in [0, 0.1) is 0 Å². The second-order valence-electron chi connectivity index (χ2n) is 4.15. The van der Waals surface area contributed by atoms with Gasteiger partial charge in [0.1, 0.15) is 0 Å². The molecule has 66 valence electrons. The zero-order valence-electron chi connectivity index (χ0n) is 7.14. The highest BCUT2D eigenvalue weighted by Crippen LogP contribution is 2.39. The number of nitrogens with one attached hydrogen (secondary N) is 1. The fourth-order valence-electron chi connectivity index (χ4n) is 1.87. The Balaban J connectivity index is 0.000000605. The van der Waals surface area contributed by atoms with E-state index in [1.165, 1.54) is 12.8 Å². The molecule has 0 atom stereocenters. The quantitative estimate of drug-likeness (QED) is 0.603. The minimum absolute atomic E-state index is 0. The second-order valence-corrected chi connectivity index (χ2v) is 4.15. The molecule has 0 amide bonds. The molecule has 0 radical (unpaired) electrons. The van der Waals surface area contributed by atoms with Crippen molar-refractivity contribution in [2.24, 2.45) is 0 Å². The van der Waals surface area contributed by atoms with Crippen LogP contribution in [0.1, 0.15) is 26.7 Å². The molecule has 2 aliphatic rings. The predicted octanol–water partition coefficient (Wildman–Crippen LogP) is 1.34. The molecule has 0 aliphatic carbocycles. The Morgan fingerprint density at radius 1 is 1.18 bits per heavy atom. The van der Waals surface area contributed by atoms with Gasteiger partial charge in [-0.1, -0.05) is 0 Å². The van der Waals surface area contributed by atoms with Crippen molar-refractivity contribution in [3.8, 4) is 0 Å². The zero-order valence-corrected chi connectivity index (χ0v) is 7.96. The van der Waals surface area contributed by atoms with Crippen molar-refractivity contribution in [2.45, 2.75) is 37.9 Å². The van der Waals surface area contributed by atoms with Crippen LogP contribution < -0.4 is 5.32 Å². The third-order valence-corrected chi connectivity index (χ3v) is 2.57. The van der Waals surface area contributed by atoms with Crippen LogP contribution in [0.2, 0.25) is 0 Å². The molecule has 0 aromatic rings. The lowest BCUT2D eigenvalue weighted by Gasteiger charge is -2.40. The van der Waals surface area contributed by atoms with Crippen molar-refractivity contribution in [2.75, 3.05) is 13.1 Å². The van der Waals surface area contributed by atoms with Gasteiger partial charge in [-0.3, -0.25) is 0 Å². The lowest BCUT2D eigenvalue weighted by atomic mass is 9.92. The Kier molecular flexibility index (Phi) is 2.21. The van der Waals surface area contributed by atoms with Crippen LogP contribution in [0.4, 0.5) is 0 Å². The maximum Gasteiger partial charge on any atom is 0.0938 e. The van der Waals surface area contributed by atoms with E-state index >= 15 is 0 Å². The Morgan fingerprint density at radius 3 is 2.00 bits per heavy atom. The third kappa shape index (κ3) is 1.53. The minimum atomic E-state index is 0. The normalized spacial score (nSPS) is 31.1. The van der Waals surface area contributed by atoms with E-state index in [4.69, 9.17) is 4.74 Å². The summed E-state index contributed by atoms with van der Waals surface area (Å²) in [6, 6.07) is 0. The first kappa shape index (κ1) is 9.30. The van der Waals surface area contributed by atoms with Gasteiger partial charge in [-0.15, -0.1) is 12.4 Å². The second kappa shape index (κ2) is 2.61. The van der Waals surface area contributed by atoms with Gasteiger partial charge in [-0.25, -0.2) is 0 Å². The summed E-state index contributed by atoms with van der Waals surface area (Å²) in [5.41, 5.74) is 0.381. The Hall–Kier alpha value is 0.210. The third-order valence-electron chi connectivity index (χ3n) is 2.57. The number of hydrogen-bond donors (Lipinski definition) is 1. The largest absolute Gasteiger partial charge is 0.366 e. The van der Waals surface area contributed by atoms with E-state index in [1.807, 2.05) is 0 Å². The molecule has 3 heteroatoms. The van der Waals surface area contributed by atoms with E-state index in [-0.39, 0.29) is 23.6 Å². The summed E-state index contributed by atoms with van der Waals surface area (Å²) in [6.07, 6.45) is 2.46. The molecule has 0 saturated carbocycles. The summed E-state index contributed by atoms with van der Waals surface area (Å²) in [7, 11) is 0. The smallest absolute Gasteiger partial charge is 0.0938 e. The van der Waals surface area contributed by atoms with Gasteiger partial charge in [0.15, 0.2) is 0 Å². The predicted molar refractivity (Wildman–Crippen MR) is 47.2 cm³/mol. The topological polar surface area (TPSA) is 21.3 Å². The van der Waals surface area contributed by atoms with Gasteiger partial charge < -0.3 is 10.1 Å². The Morgan fingerprint density at radius 2 is 1.82 bits per heavy atom. The monoisotopic (exact) mass is 177 g/mol. The summed E-state index contributed by atoms with van der Waals surface area (Å²) in [5.74, 6) is 0. The molecule has 2 nitrogen and oxygen atoms in total. The van der Waals surface area contributed by atoms with Crippen molar-refractivity contribution in [3.05, 3.63) is 0 Å². The van der Waals surface area contributed by atoms with Gasteiger partial charge in [0, 0.05) is 13.1 Å². The van der Waals surface area contributed by atoms with Gasteiger partial charge in [-0.2, -0.15) is 0 Å². The lowest BCUT2D eigenvalue weighted by molar-refractivity contribution is -0.111. The molecule has 2 rings (SSSR count). The highest BCUT2D eigenvalue weighted by atomic mass is 35.5. The van der Waals surface area contributed by atoms with Gasteiger partial charge in [0.2, 0.25) is 0 Å². The van der Waals surface area contributed by atoms with Crippen molar-refractivity contribution in [3.63, 3.8) is 0 Å². The van der Waals surface area contributed by atoms with Crippen LogP contribution in [0.25, 0.3) is 0 Å². The number of halogens is 1. The van der Waals surface area contributed by atoms with Crippen molar-refractivity contribution in [1.29, 1.82) is 0 Å². The van der Waals surface area contributed by atoms with Gasteiger partial charge in [0.25, 0.3) is 0 Å². The van der Waals surface area contributed by atoms with E-state index < -0.39 is 0 Å². The molecule has 2 fully saturated rings. The number of rotatable bonds is 0. The fourth-order valence-corrected chi connectivity index (χ4v) is 1.87. The molecule has 2 aliphatic heterocycles. The maximum absolute atomic E-state index is 5.91. The van der Waals surface area contributed by atoms with E-state index in [2.05, 4.69) is 19.2 Å². The van der Waals surface area contributed by atoms with Crippen LogP contribution in [0.3, 0.4) is 0 Å². The summed E-state index contributed by atoms with van der Waals surface area (Å²) in [6.45, 7) is 6.49. The van der Waals surface area contributed by atoms with Crippen molar-refractivity contribution in [1.82, 2.24) is 5.32 Å². The van der Waals surface area contributed by atoms with Gasteiger partial charge in [-0.05, 0) is 26.7 Å². The van der Waals surface area contributed by atoms with Crippen molar-refractivity contribution >= 4 is 12.4 Å². The number of hydrogen-bond acceptors (Lipinski definition) is 2. The molecule has 2 heterocycles. The Bertz CT molecular complexity index is 154. The van der Waals surface area contributed by atoms with E-state index in [9.17, 15) is 0 Å². The fraction of sp³-hybridized carbons (Fsp3) is 1.00. The average Bonchev–Trinajstić information content (AvgIpc) is 2.04. The van der Waals surface area contributed by atoms with E-state index in [0.29, 0.717) is 0 Å². The van der Waals surface area contributed by atoms with Crippen molar-refractivity contribution < 1.29 is 4.74 Å². The summed E-state index contributed by atoms with van der Waals surface area (Å²) >= 11 is 0. The summed E-state index contributed by atoms with van der Waals surface area (Å²) in [5, 5.41) is 3.26. The average molecular weight is 178 g/mol. The first-order valence-corrected chi connectivity index (χ1v) is 4.03. The van der Waals surface area contributed by atoms with E-state index in [0.717, 1.165) is 13.1 Å². The highest BCUT2D eigenvalue weighted by Gasteiger charge is 2.47. The highest BCUT2D eigenvalue weighted by molar-refractivity contribution is 5.85. The zero-order chi connectivity index (χ0) is 7.24. The minimum Gasteiger partial charge on any atom is -0.366 e. The van der Waals surface area contributed by atoms with E-state index in [1.54, 1.807) is 0 Å². The molecule has 2 saturated heterocycles. The lowest BCUT2D eigenvalue weighted by Crippen LogP contribution is -2.59. The van der Waals surface area contributed by atoms with Crippen LogP contribution in [-0.4, -0.2) is 24.3 Å². The molecular weight excluding hydrogens is 162 g/mol. The van der Waals surface area contributed by atoms with Crippen LogP contribution >= 0.6 is 12.4 Å². The summed E-state index contributed by atoms with van der Waals surface area (Å²) < 4.78 is 5.91. The van der Waals surface area contributed by atoms with Gasteiger partial charge in [0.05, 0.1) is 11.2 Å². The van der Waals surface area contributed by atoms with Gasteiger partial charge >= 0.3 is 0 Å². The number of ether oxygens (including phenoxy) is 1. The van der Waals surface area contributed by atoms with Crippen LogP contribution in [0.5, 0.6) is 0 Å². The molecule has 1 spiro atoms. The molecular formula is C8H16ClNO. The molecule has 1 N–H and O–H groups in total. The van der Waals surface area contributed by atoms with Crippen LogP contribution in [-0.2, 0) is 4.74 Å². The molecule has 0 bridgehead atoms. The molecule has 0 unspecified atom stereocenters. The first-order chi connectivity index (χ1) is 4.62. The first-order valence-electron chi connectivity index (χ1n) is 4.03. The maximum atomic E-state index is 5.91. The van der Waals surface area contributed by atoms with Crippen LogP contribution in [0.15, 0.2) is 0 Å². The standard InChI is InChI=1S/C8H15NO.ClH/c1-7(2)3-4-8(10-7)5-9-6-8;/h9H,3-6H2,1-2H3;1H. The molecule has 0 aromatic heterocycles. The molecule has 0 aromatic carbocycles. The Labute approximate surface area is 74.1 Å².